The minimum Gasteiger partial charge on any atom is -0.755 e. The van der Waals surface area contributed by atoms with Crippen LogP contribution in [0.25, 0.3) is 10.9 Å². The fraction of sp³-hybridized carbons (Fsp3) is 0.438. The zero-order chi connectivity index (χ0) is 17.9. The van der Waals surface area contributed by atoms with Crippen molar-refractivity contribution in [3.05, 3.63) is 30.5 Å². The van der Waals surface area contributed by atoms with Crippen LogP contribution in [0.1, 0.15) is 20.8 Å². The van der Waals surface area contributed by atoms with Gasteiger partial charge in [0.25, 0.3) is 0 Å². The maximum Gasteiger partial charge on any atom is 0.410 e. The lowest BCUT2D eigenvalue weighted by Crippen LogP contribution is -2.36. The van der Waals surface area contributed by atoms with Gasteiger partial charge in [-0.3, -0.25) is 8.18 Å². The Kier molecular flexibility index (Phi) is 5.51. The molecule has 0 saturated heterocycles. The van der Waals surface area contributed by atoms with E-state index in [-0.39, 0.29) is 6.61 Å². The molecule has 8 heteroatoms. The van der Waals surface area contributed by atoms with Gasteiger partial charge in [0.2, 0.25) is 0 Å². The fourth-order valence-corrected chi connectivity index (χ4v) is 2.57. The molecular formula is C16H21N2O5S-. The molecule has 0 spiro atoms. The Balaban J connectivity index is 1.99. The molecule has 1 atom stereocenters. The molecule has 7 nitrogen and oxygen atoms in total. The molecule has 1 heterocycles. The second-order valence-corrected chi connectivity index (χ2v) is 7.13. The van der Waals surface area contributed by atoms with Gasteiger partial charge < -0.3 is 18.9 Å². The van der Waals surface area contributed by atoms with Crippen LogP contribution in [-0.2, 0) is 16.0 Å². The molecular weight excluding hydrogens is 332 g/mol. The van der Waals surface area contributed by atoms with E-state index in [4.69, 9.17) is 9.47 Å². The number of ether oxygens (including phenoxy) is 2. The molecule has 0 saturated carbocycles. The lowest BCUT2D eigenvalue weighted by atomic mass is 10.2. The maximum absolute atomic E-state index is 11.9. The topological polar surface area (TPSA) is 83.8 Å². The normalized spacial score (nSPS) is 12.9. The molecule has 132 valence electrons. The molecule has 1 unspecified atom stereocenters. The van der Waals surface area contributed by atoms with E-state index in [1.807, 2.05) is 0 Å². The fourth-order valence-electron chi connectivity index (χ4n) is 2.09. The van der Waals surface area contributed by atoms with Crippen LogP contribution >= 0.6 is 0 Å². The maximum atomic E-state index is 11.9. The van der Waals surface area contributed by atoms with Crippen molar-refractivity contribution in [2.75, 3.05) is 20.2 Å². The molecule has 0 bridgehead atoms. The van der Waals surface area contributed by atoms with E-state index in [0.717, 1.165) is 3.97 Å². The number of benzene rings is 1. The molecule has 1 aromatic carbocycles. The van der Waals surface area contributed by atoms with Gasteiger partial charge >= 0.3 is 6.09 Å². The van der Waals surface area contributed by atoms with Crippen molar-refractivity contribution >= 4 is 28.3 Å². The van der Waals surface area contributed by atoms with Crippen LogP contribution in [0.2, 0.25) is 0 Å². The number of fused-ring (bicyclic) bond motifs is 1. The van der Waals surface area contributed by atoms with Crippen LogP contribution < -0.4 is 4.74 Å². The van der Waals surface area contributed by atoms with Crippen LogP contribution in [0, 0.1) is 0 Å². The van der Waals surface area contributed by atoms with Gasteiger partial charge in [-0.1, -0.05) is 6.07 Å². The Morgan fingerprint density at radius 2 is 2.04 bits per heavy atom. The average Bonchev–Trinajstić information content (AvgIpc) is 2.90. The summed E-state index contributed by atoms with van der Waals surface area (Å²) in [7, 11) is 1.63. The molecule has 1 aromatic heterocycles. The molecule has 0 fully saturated rings. The highest BCUT2D eigenvalue weighted by Gasteiger charge is 2.19. The predicted octanol–water partition coefficient (Wildman–Crippen LogP) is 2.53. The Morgan fingerprint density at radius 3 is 2.67 bits per heavy atom. The summed E-state index contributed by atoms with van der Waals surface area (Å²) in [5, 5.41) is 0.696. The summed E-state index contributed by atoms with van der Waals surface area (Å²) in [5.74, 6) is 0.564. The molecule has 24 heavy (non-hydrogen) atoms. The van der Waals surface area contributed by atoms with Gasteiger partial charge in [-0.05, 0) is 39.0 Å². The number of aromatic nitrogens is 1. The number of likely N-dealkylation sites (N-methyl/N-ethyl adjacent to an activating group) is 1. The quantitative estimate of drug-likeness (QED) is 0.771. The number of nitrogens with zero attached hydrogens (tertiary/aromatic N) is 2. The van der Waals surface area contributed by atoms with E-state index >= 15 is 0 Å². The van der Waals surface area contributed by atoms with E-state index in [1.54, 1.807) is 52.1 Å². The second-order valence-electron chi connectivity index (χ2n) is 6.30. The third-order valence-corrected chi connectivity index (χ3v) is 3.85. The molecule has 1 amide bonds. The number of hydrogen-bond acceptors (Lipinski definition) is 5. The van der Waals surface area contributed by atoms with E-state index < -0.39 is 23.0 Å². The largest absolute Gasteiger partial charge is 0.755 e. The minimum atomic E-state index is -2.37. The van der Waals surface area contributed by atoms with Crippen molar-refractivity contribution in [1.29, 1.82) is 0 Å². The lowest BCUT2D eigenvalue weighted by Gasteiger charge is -2.24. The van der Waals surface area contributed by atoms with Crippen molar-refractivity contribution in [3.8, 4) is 5.75 Å². The third-order valence-electron chi connectivity index (χ3n) is 3.21. The molecule has 0 radical (unpaired) electrons. The lowest BCUT2D eigenvalue weighted by molar-refractivity contribution is 0.0278. The van der Waals surface area contributed by atoms with Gasteiger partial charge in [0.15, 0.2) is 0 Å². The van der Waals surface area contributed by atoms with Crippen LogP contribution in [-0.4, -0.2) is 49.5 Å². The first-order valence-electron chi connectivity index (χ1n) is 7.46. The van der Waals surface area contributed by atoms with Crippen LogP contribution in [0.15, 0.2) is 30.5 Å². The molecule has 0 aliphatic heterocycles. The van der Waals surface area contributed by atoms with Gasteiger partial charge in [-0.15, -0.1) is 0 Å². The molecule has 0 aliphatic rings. The average molecular weight is 353 g/mol. The van der Waals surface area contributed by atoms with Crippen molar-refractivity contribution < 1.29 is 23.0 Å². The SMILES string of the molecule is CN(CCOc1cccc2c1ccn2S(=O)[O-])C(=O)OC(C)(C)C. The summed E-state index contributed by atoms with van der Waals surface area (Å²) in [6.07, 6.45) is 1.05. The first-order valence-corrected chi connectivity index (χ1v) is 8.49. The number of hydrogen-bond donors (Lipinski definition) is 0. The highest BCUT2D eigenvalue weighted by Crippen LogP contribution is 2.26. The molecule has 2 aromatic rings. The zero-order valence-electron chi connectivity index (χ0n) is 14.1. The Morgan fingerprint density at radius 1 is 1.33 bits per heavy atom. The Labute approximate surface area is 143 Å². The van der Waals surface area contributed by atoms with Gasteiger partial charge in [-0.25, -0.2) is 4.79 Å². The summed E-state index contributed by atoms with van der Waals surface area (Å²) < 4.78 is 34.4. The van der Waals surface area contributed by atoms with Gasteiger partial charge in [0, 0.05) is 18.6 Å². The third kappa shape index (κ3) is 4.48. The van der Waals surface area contributed by atoms with Gasteiger partial charge in [0.05, 0.1) is 23.3 Å². The summed E-state index contributed by atoms with van der Waals surface area (Å²) in [5.41, 5.74) is -0.00404. The van der Waals surface area contributed by atoms with Crippen molar-refractivity contribution in [2.24, 2.45) is 0 Å². The van der Waals surface area contributed by atoms with Crippen LogP contribution in [0.4, 0.5) is 4.79 Å². The Bertz CT molecular complexity index is 750. The smallest absolute Gasteiger partial charge is 0.410 e. The van der Waals surface area contributed by atoms with Gasteiger partial charge in [0.1, 0.15) is 18.0 Å². The van der Waals surface area contributed by atoms with Crippen LogP contribution in [0.5, 0.6) is 5.75 Å². The highest BCUT2D eigenvalue weighted by atomic mass is 32.2. The Hall–Kier alpha value is -2.06. The first kappa shape index (κ1) is 18.3. The van der Waals surface area contributed by atoms with Crippen molar-refractivity contribution in [1.82, 2.24) is 8.87 Å². The number of carbonyl (C=O) groups is 1. The van der Waals surface area contributed by atoms with E-state index in [0.29, 0.717) is 23.2 Å². The monoisotopic (exact) mass is 353 g/mol. The van der Waals surface area contributed by atoms with Crippen molar-refractivity contribution in [2.45, 2.75) is 26.4 Å². The number of rotatable bonds is 5. The van der Waals surface area contributed by atoms with E-state index in [2.05, 4.69) is 0 Å². The molecule has 2 rings (SSSR count). The second kappa shape index (κ2) is 7.23. The summed E-state index contributed by atoms with van der Waals surface area (Å²) in [6, 6.07) is 6.86. The summed E-state index contributed by atoms with van der Waals surface area (Å²) in [4.78, 5) is 13.3. The van der Waals surface area contributed by atoms with Gasteiger partial charge in [-0.2, -0.15) is 0 Å². The first-order chi connectivity index (χ1) is 11.2. The predicted molar refractivity (Wildman–Crippen MR) is 90.6 cm³/mol. The summed E-state index contributed by atoms with van der Waals surface area (Å²) in [6.45, 7) is 6.03. The number of amides is 1. The highest BCUT2D eigenvalue weighted by molar-refractivity contribution is 7.77. The minimum absolute atomic E-state index is 0.264. The van der Waals surface area contributed by atoms with Crippen LogP contribution in [0.3, 0.4) is 0 Å². The van der Waals surface area contributed by atoms with E-state index in [9.17, 15) is 13.6 Å². The molecule has 0 aliphatic carbocycles. The standard InChI is InChI=1S/C16H22N2O5S/c1-16(2,3)23-15(19)17(4)10-11-22-14-7-5-6-13-12(14)8-9-18(13)24(20)21/h5-9H,10-11H2,1-4H3,(H,20,21)/p-1. The zero-order valence-corrected chi connectivity index (χ0v) is 15.0. The molecule has 0 N–H and O–H groups in total. The summed E-state index contributed by atoms with van der Waals surface area (Å²) >= 11 is -2.37. The van der Waals surface area contributed by atoms with Crippen molar-refractivity contribution in [3.63, 3.8) is 0 Å². The number of carbonyl (C=O) groups excluding carboxylic acids is 1. The van der Waals surface area contributed by atoms with E-state index in [1.165, 1.54) is 11.1 Å².